The van der Waals surface area contributed by atoms with E-state index in [4.69, 9.17) is 9.31 Å². The van der Waals surface area contributed by atoms with Gasteiger partial charge >= 0.3 is 7.12 Å². The van der Waals surface area contributed by atoms with Crippen LogP contribution in [0.25, 0.3) is 0 Å². The lowest BCUT2D eigenvalue weighted by atomic mass is 9.59. The molecule has 2 fully saturated rings. The first-order chi connectivity index (χ1) is 9.37. The van der Waals surface area contributed by atoms with Gasteiger partial charge in [0.15, 0.2) is 0 Å². The van der Waals surface area contributed by atoms with Crippen molar-refractivity contribution >= 4 is 7.12 Å². The second-order valence-corrected chi connectivity index (χ2v) is 4.80. The highest BCUT2D eigenvalue weighted by Gasteiger charge is 2.53. The molecular formula is C12H15BN4O2. The lowest BCUT2D eigenvalue weighted by molar-refractivity contribution is 0.264. The van der Waals surface area contributed by atoms with E-state index in [9.17, 15) is 5.26 Å². The van der Waals surface area contributed by atoms with Crippen molar-refractivity contribution in [2.45, 2.75) is 24.2 Å². The van der Waals surface area contributed by atoms with Gasteiger partial charge in [0.1, 0.15) is 11.2 Å². The van der Waals surface area contributed by atoms with Gasteiger partial charge in [-0.15, -0.1) is 0 Å². The van der Waals surface area contributed by atoms with E-state index >= 15 is 0 Å². The Bertz CT molecular complexity index is 474. The first-order valence-electron chi connectivity index (χ1n) is 6.52. The summed E-state index contributed by atoms with van der Waals surface area (Å²) >= 11 is 0. The van der Waals surface area contributed by atoms with Crippen LogP contribution in [0.15, 0.2) is 18.5 Å². The van der Waals surface area contributed by atoms with Crippen LogP contribution < -0.4 is 5.32 Å². The van der Waals surface area contributed by atoms with E-state index in [1.165, 1.54) is 0 Å². The van der Waals surface area contributed by atoms with E-state index < -0.39 is 12.5 Å². The van der Waals surface area contributed by atoms with Gasteiger partial charge in [0.25, 0.3) is 0 Å². The van der Waals surface area contributed by atoms with Crippen LogP contribution in [-0.4, -0.2) is 42.8 Å². The van der Waals surface area contributed by atoms with Crippen LogP contribution in [0, 0.1) is 11.3 Å². The zero-order chi connectivity index (χ0) is 13.1. The number of nitrogens with one attached hydrogen (secondary N) is 1. The fourth-order valence-electron chi connectivity index (χ4n) is 2.81. The molecule has 1 N–H and O–H groups in total. The second kappa shape index (κ2) is 5.25. The first-order valence-corrected chi connectivity index (χ1v) is 6.52. The maximum absolute atomic E-state index is 9.74. The molecule has 0 bridgehead atoms. The highest BCUT2D eigenvalue weighted by atomic mass is 16.6. The van der Waals surface area contributed by atoms with Gasteiger partial charge in [0.2, 0.25) is 0 Å². The average Bonchev–Trinajstić information content (AvgIpc) is 3.02. The maximum atomic E-state index is 9.74. The summed E-state index contributed by atoms with van der Waals surface area (Å²) in [5.74, 6) is 0.324. The lowest BCUT2D eigenvalue weighted by Crippen LogP contribution is -2.61. The summed E-state index contributed by atoms with van der Waals surface area (Å²) in [6.45, 7) is 1.99. The Morgan fingerprint density at radius 2 is 2.11 bits per heavy atom. The van der Waals surface area contributed by atoms with Gasteiger partial charge in [-0.3, -0.25) is 0 Å². The van der Waals surface area contributed by atoms with Crippen molar-refractivity contribution in [3.05, 3.63) is 24.3 Å². The van der Waals surface area contributed by atoms with Crippen molar-refractivity contribution in [2.75, 3.05) is 19.8 Å². The van der Waals surface area contributed by atoms with Gasteiger partial charge in [-0.2, -0.15) is 5.26 Å². The van der Waals surface area contributed by atoms with Crippen LogP contribution in [0.2, 0.25) is 0 Å². The fraction of sp³-hybridized carbons (Fsp3) is 0.583. The topological polar surface area (TPSA) is 80.1 Å². The molecule has 1 aromatic heterocycles. The van der Waals surface area contributed by atoms with E-state index in [0.717, 1.165) is 13.0 Å². The molecular weight excluding hydrogens is 243 g/mol. The van der Waals surface area contributed by atoms with Crippen molar-refractivity contribution < 1.29 is 9.31 Å². The SMILES string of the molecule is N#CC1(c2ncccn2)CCCNC1B1OCCO1. The summed E-state index contributed by atoms with van der Waals surface area (Å²) in [4.78, 5) is 8.56. The zero-order valence-electron chi connectivity index (χ0n) is 10.6. The molecule has 0 saturated carbocycles. The van der Waals surface area contributed by atoms with Gasteiger partial charge < -0.3 is 14.6 Å². The zero-order valence-corrected chi connectivity index (χ0v) is 10.6. The van der Waals surface area contributed by atoms with Crippen LogP contribution in [0.4, 0.5) is 0 Å². The van der Waals surface area contributed by atoms with Crippen molar-refractivity contribution in [1.82, 2.24) is 15.3 Å². The predicted octanol–water partition coefficient (Wildman–Crippen LogP) is 0.0642. The molecule has 2 aliphatic heterocycles. The lowest BCUT2D eigenvalue weighted by Gasteiger charge is -2.38. The monoisotopic (exact) mass is 258 g/mol. The molecule has 1 aromatic rings. The quantitative estimate of drug-likeness (QED) is 0.756. The Hall–Kier alpha value is -1.49. The summed E-state index contributed by atoms with van der Waals surface area (Å²) in [7, 11) is -0.399. The van der Waals surface area contributed by atoms with Crippen molar-refractivity contribution in [1.29, 1.82) is 5.26 Å². The van der Waals surface area contributed by atoms with Crippen LogP contribution in [0.5, 0.6) is 0 Å². The van der Waals surface area contributed by atoms with Crippen molar-refractivity contribution in [2.24, 2.45) is 0 Å². The van der Waals surface area contributed by atoms with Crippen LogP contribution in [0.3, 0.4) is 0 Å². The van der Waals surface area contributed by atoms with Crippen LogP contribution in [-0.2, 0) is 14.7 Å². The molecule has 0 amide bonds. The molecule has 2 aliphatic rings. The van der Waals surface area contributed by atoms with E-state index in [2.05, 4.69) is 21.4 Å². The standard InChI is InChI=1S/C12H15BN4O2/c14-9-12(11-16-5-2-6-17-11)3-1-4-15-10(12)13-18-7-8-19-13/h2,5-6,10,15H,1,3-4,7-8H2. The summed E-state index contributed by atoms with van der Waals surface area (Å²) in [5, 5.41) is 13.1. The fourth-order valence-corrected chi connectivity index (χ4v) is 2.81. The molecule has 3 rings (SSSR count). The molecule has 7 heteroatoms. The minimum atomic E-state index is -0.783. The second-order valence-electron chi connectivity index (χ2n) is 4.80. The normalized spacial score (nSPS) is 31.1. The Labute approximate surface area is 112 Å². The summed E-state index contributed by atoms with van der Waals surface area (Å²) < 4.78 is 11.2. The van der Waals surface area contributed by atoms with E-state index in [1.54, 1.807) is 18.5 Å². The molecule has 3 heterocycles. The van der Waals surface area contributed by atoms with Crippen molar-refractivity contribution in [3.63, 3.8) is 0 Å². The van der Waals surface area contributed by atoms with Gasteiger partial charge in [-0.1, -0.05) is 0 Å². The number of nitriles is 1. The molecule has 2 unspecified atom stereocenters. The van der Waals surface area contributed by atoms with E-state index in [1.807, 2.05) is 0 Å². The summed E-state index contributed by atoms with van der Waals surface area (Å²) in [5.41, 5.74) is -0.783. The minimum Gasteiger partial charge on any atom is -0.408 e. The summed E-state index contributed by atoms with van der Waals surface area (Å²) in [6, 6.07) is 4.17. The smallest absolute Gasteiger partial charge is 0.408 e. The highest BCUT2D eigenvalue weighted by Crippen LogP contribution is 2.35. The summed E-state index contributed by atoms with van der Waals surface area (Å²) in [6.07, 6.45) is 4.97. The Morgan fingerprint density at radius 3 is 2.79 bits per heavy atom. The average molecular weight is 258 g/mol. The molecule has 0 aliphatic carbocycles. The number of nitrogens with zero attached hydrogens (tertiary/aromatic N) is 3. The molecule has 2 saturated heterocycles. The Morgan fingerprint density at radius 1 is 1.37 bits per heavy atom. The van der Waals surface area contributed by atoms with E-state index in [-0.39, 0.29) is 5.94 Å². The maximum Gasteiger partial charge on any atom is 0.477 e. The highest BCUT2D eigenvalue weighted by molar-refractivity contribution is 6.47. The predicted molar refractivity (Wildman–Crippen MR) is 68.0 cm³/mol. The molecule has 0 radical (unpaired) electrons. The molecule has 19 heavy (non-hydrogen) atoms. The van der Waals surface area contributed by atoms with Crippen LogP contribution in [0.1, 0.15) is 18.7 Å². The van der Waals surface area contributed by atoms with Crippen LogP contribution >= 0.6 is 0 Å². The third-order valence-corrected chi connectivity index (χ3v) is 3.73. The first kappa shape index (κ1) is 12.5. The van der Waals surface area contributed by atoms with Gasteiger partial charge in [0.05, 0.1) is 25.2 Å². The molecule has 6 nitrogen and oxygen atoms in total. The molecule has 0 aromatic carbocycles. The minimum absolute atomic E-state index is 0.226. The third-order valence-electron chi connectivity index (χ3n) is 3.73. The number of piperidine rings is 1. The van der Waals surface area contributed by atoms with Gasteiger partial charge in [0, 0.05) is 12.4 Å². The number of rotatable bonds is 2. The molecule has 98 valence electrons. The largest absolute Gasteiger partial charge is 0.477 e. The van der Waals surface area contributed by atoms with E-state index in [0.29, 0.717) is 25.5 Å². The number of hydrogen-bond donors (Lipinski definition) is 1. The van der Waals surface area contributed by atoms with Gasteiger partial charge in [-0.05, 0) is 25.5 Å². The molecule has 0 spiro atoms. The van der Waals surface area contributed by atoms with Crippen molar-refractivity contribution in [3.8, 4) is 6.07 Å². The molecule has 2 atom stereocenters. The Kier molecular flexibility index (Phi) is 3.47. The third kappa shape index (κ3) is 2.12. The number of aromatic nitrogens is 2. The Balaban J connectivity index is 1.98. The van der Waals surface area contributed by atoms with Gasteiger partial charge in [-0.25, -0.2) is 9.97 Å². The number of hydrogen-bond acceptors (Lipinski definition) is 6.